The first-order chi connectivity index (χ1) is 9.33. The van der Waals surface area contributed by atoms with Crippen molar-refractivity contribution in [3.05, 3.63) is 41.5 Å². The molecule has 0 fully saturated rings. The fourth-order valence-corrected chi connectivity index (χ4v) is 3.58. The summed E-state index contributed by atoms with van der Waals surface area (Å²) in [6, 6.07) is 8.00. The first-order valence-corrected chi connectivity index (χ1v) is 8.87. The lowest BCUT2D eigenvalue weighted by atomic mass is 10.3. The number of para-hydroxylation sites is 1. The number of hydrogen-bond acceptors (Lipinski definition) is 4. The van der Waals surface area contributed by atoms with E-state index in [4.69, 9.17) is 4.74 Å². The van der Waals surface area contributed by atoms with Gasteiger partial charge in [0.2, 0.25) is 5.88 Å². The van der Waals surface area contributed by atoms with E-state index in [2.05, 4.69) is 25.3 Å². The molecule has 3 rings (SSSR count). The summed E-state index contributed by atoms with van der Waals surface area (Å²) in [5, 5.41) is 2.73. The summed E-state index contributed by atoms with van der Waals surface area (Å²) in [6.07, 6.45) is 4.05. The van der Waals surface area contributed by atoms with Crippen LogP contribution in [0.3, 0.4) is 0 Å². The molecule has 0 aliphatic rings. The summed E-state index contributed by atoms with van der Waals surface area (Å²) in [7, 11) is 0. The molecule has 0 spiro atoms. The van der Waals surface area contributed by atoms with Crippen LogP contribution in [0.4, 0.5) is 0 Å². The van der Waals surface area contributed by atoms with Crippen molar-refractivity contribution in [3.63, 3.8) is 0 Å². The molecular weight excluding hydrogens is 344 g/mol. The molecular formula is C13H11BrN2OS2. The molecule has 3 nitrogen and oxygen atoms in total. The second-order valence-electron chi connectivity index (χ2n) is 3.81. The number of rotatable bonds is 4. The SMILES string of the molecule is CSc1ccccc1Oc1nc2sccn2c1CBr. The minimum Gasteiger partial charge on any atom is -0.436 e. The zero-order valence-electron chi connectivity index (χ0n) is 10.2. The lowest BCUT2D eigenvalue weighted by Gasteiger charge is -2.08. The van der Waals surface area contributed by atoms with Crippen molar-refractivity contribution >= 4 is 44.0 Å². The number of fused-ring (bicyclic) bond motifs is 1. The standard InChI is InChI=1S/C13H11BrN2OS2/c1-18-11-5-3-2-4-10(11)17-12-9(8-14)16-6-7-19-13(16)15-12/h2-7H,8H2,1H3. The molecule has 19 heavy (non-hydrogen) atoms. The van der Waals surface area contributed by atoms with Gasteiger partial charge in [0, 0.05) is 21.8 Å². The van der Waals surface area contributed by atoms with Crippen molar-refractivity contribution in [1.82, 2.24) is 9.38 Å². The molecule has 0 atom stereocenters. The van der Waals surface area contributed by atoms with Crippen LogP contribution >= 0.6 is 39.0 Å². The van der Waals surface area contributed by atoms with Crippen LogP contribution in [0.5, 0.6) is 11.6 Å². The zero-order valence-corrected chi connectivity index (χ0v) is 13.4. The summed E-state index contributed by atoms with van der Waals surface area (Å²) in [4.78, 5) is 6.59. The van der Waals surface area contributed by atoms with E-state index in [0.717, 1.165) is 21.3 Å². The Labute approximate surface area is 127 Å². The molecule has 0 aliphatic carbocycles. The molecule has 2 aromatic heterocycles. The van der Waals surface area contributed by atoms with Gasteiger partial charge in [-0.25, -0.2) is 0 Å². The molecule has 0 radical (unpaired) electrons. The largest absolute Gasteiger partial charge is 0.436 e. The number of aromatic nitrogens is 2. The fourth-order valence-electron chi connectivity index (χ4n) is 1.82. The van der Waals surface area contributed by atoms with Crippen molar-refractivity contribution < 1.29 is 4.74 Å². The second-order valence-corrected chi connectivity index (χ2v) is 6.09. The van der Waals surface area contributed by atoms with Gasteiger partial charge in [0.05, 0.1) is 5.69 Å². The maximum Gasteiger partial charge on any atom is 0.243 e. The third-order valence-electron chi connectivity index (χ3n) is 2.73. The van der Waals surface area contributed by atoms with Gasteiger partial charge in [0.15, 0.2) is 4.96 Å². The number of nitrogens with zero attached hydrogens (tertiary/aromatic N) is 2. The van der Waals surface area contributed by atoms with Gasteiger partial charge in [-0.3, -0.25) is 4.40 Å². The van der Waals surface area contributed by atoms with Gasteiger partial charge >= 0.3 is 0 Å². The minimum absolute atomic E-state index is 0.672. The Kier molecular flexibility index (Phi) is 3.81. The normalized spacial score (nSPS) is 11.1. The number of thioether (sulfide) groups is 1. The lowest BCUT2D eigenvalue weighted by molar-refractivity contribution is 0.451. The first kappa shape index (κ1) is 13.0. The molecule has 1 aromatic carbocycles. The van der Waals surface area contributed by atoms with E-state index in [-0.39, 0.29) is 0 Å². The van der Waals surface area contributed by atoms with Gasteiger partial charge in [-0.05, 0) is 18.4 Å². The molecule has 6 heteroatoms. The number of alkyl halides is 1. The molecule has 0 aliphatic heterocycles. The second kappa shape index (κ2) is 5.56. The van der Waals surface area contributed by atoms with Crippen molar-refractivity contribution in [3.8, 4) is 11.6 Å². The molecule has 98 valence electrons. The van der Waals surface area contributed by atoms with Gasteiger partial charge in [0.25, 0.3) is 0 Å². The van der Waals surface area contributed by atoms with Crippen LogP contribution in [0.1, 0.15) is 5.69 Å². The summed E-state index contributed by atoms with van der Waals surface area (Å²) < 4.78 is 8.04. The van der Waals surface area contributed by atoms with Gasteiger partial charge in [-0.15, -0.1) is 23.1 Å². The lowest BCUT2D eigenvalue weighted by Crippen LogP contribution is -1.92. The van der Waals surface area contributed by atoms with Crippen molar-refractivity contribution in [2.75, 3.05) is 6.26 Å². The van der Waals surface area contributed by atoms with Gasteiger partial charge < -0.3 is 4.74 Å². The van der Waals surface area contributed by atoms with Crippen LogP contribution in [-0.4, -0.2) is 15.6 Å². The van der Waals surface area contributed by atoms with Crippen LogP contribution in [0.2, 0.25) is 0 Å². The summed E-state index contributed by atoms with van der Waals surface area (Å²) in [5.41, 5.74) is 1.03. The van der Waals surface area contributed by atoms with Gasteiger partial charge in [-0.1, -0.05) is 28.1 Å². The van der Waals surface area contributed by atoms with E-state index >= 15 is 0 Å². The number of thiazole rings is 1. The highest BCUT2D eigenvalue weighted by molar-refractivity contribution is 9.08. The molecule has 0 N–H and O–H groups in total. The van der Waals surface area contributed by atoms with Crippen LogP contribution < -0.4 is 4.74 Å². The highest BCUT2D eigenvalue weighted by Gasteiger charge is 2.15. The number of benzene rings is 1. The summed E-state index contributed by atoms with van der Waals surface area (Å²) >= 11 is 6.77. The predicted octanol–water partition coefficient (Wildman–Crippen LogP) is 4.80. The fraction of sp³-hybridized carbons (Fsp3) is 0.154. The van der Waals surface area contributed by atoms with E-state index in [9.17, 15) is 0 Å². The smallest absolute Gasteiger partial charge is 0.243 e. The first-order valence-electron chi connectivity index (χ1n) is 5.64. The van der Waals surface area contributed by atoms with Crippen molar-refractivity contribution in [1.29, 1.82) is 0 Å². The number of imidazole rings is 1. The van der Waals surface area contributed by atoms with E-state index in [1.54, 1.807) is 23.1 Å². The third-order valence-corrected chi connectivity index (χ3v) is 4.79. The molecule has 0 saturated carbocycles. The average molecular weight is 355 g/mol. The van der Waals surface area contributed by atoms with Crippen LogP contribution in [0, 0.1) is 0 Å². The Bertz CT molecular complexity index is 708. The van der Waals surface area contributed by atoms with Crippen LogP contribution in [-0.2, 0) is 5.33 Å². The Morgan fingerprint density at radius 2 is 2.26 bits per heavy atom. The van der Waals surface area contributed by atoms with Crippen molar-refractivity contribution in [2.24, 2.45) is 0 Å². The number of hydrogen-bond donors (Lipinski definition) is 0. The third kappa shape index (κ3) is 2.40. The monoisotopic (exact) mass is 354 g/mol. The maximum atomic E-state index is 5.99. The molecule has 3 aromatic rings. The Hall–Kier alpha value is -0.980. The molecule has 0 unspecified atom stereocenters. The van der Waals surface area contributed by atoms with E-state index < -0.39 is 0 Å². The van der Waals surface area contributed by atoms with Gasteiger partial charge in [0.1, 0.15) is 5.75 Å². The number of ether oxygens (including phenoxy) is 1. The predicted molar refractivity (Wildman–Crippen MR) is 84.0 cm³/mol. The van der Waals surface area contributed by atoms with E-state index in [1.165, 1.54) is 0 Å². The average Bonchev–Trinajstić information content (AvgIpc) is 2.99. The van der Waals surface area contributed by atoms with Crippen molar-refractivity contribution in [2.45, 2.75) is 10.2 Å². The molecule has 0 bridgehead atoms. The minimum atomic E-state index is 0.672. The summed E-state index contributed by atoms with van der Waals surface area (Å²) in [5.74, 6) is 1.52. The Balaban J connectivity index is 2.02. The quantitative estimate of drug-likeness (QED) is 0.497. The Morgan fingerprint density at radius 3 is 3.05 bits per heavy atom. The zero-order chi connectivity index (χ0) is 13.2. The molecule has 2 heterocycles. The summed E-state index contributed by atoms with van der Waals surface area (Å²) in [6.45, 7) is 0. The highest BCUT2D eigenvalue weighted by atomic mass is 79.9. The topological polar surface area (TPSA) is 26.5 Å². The number of halogens is 1. The van der Waals surface area contributed by atoms with Crippen LogP contribution in [0.25, 0.3) is 4.96 Å². The molecule has 0 amide bonds. The highest BCUT2D eigenvalue weighted by Crippen LogP contribution is 2.34. The molecule has 0 saturated heterocycles. The van der Waals surface area contributed by atoms with E-state index in [1.807, 2.05) is 42.1 Å². The van der Waals surface area contributed by atoms with Crippen LogP contribution in [0.15, 0.2) is 40.7 Å². The maximum absolute atomic E-state index is 5.99. The van der Waals surface area contributed by atoms with E-state index in [0.29, 0.717) is 11.2 Å². The Morgan fingerprint density at radius 1 is 1.42 bits per heavy atom. The van der Waals surface area contributed by atoms with Gasteiger partial charge in [-0.2, -0.15) is 4.98 Å².